The molecule has 0 radical (unpaired) electrons. The van der Waals surface area contributed by atoms with Crippen LogP contribution in [0.5, 0.6) is 0 Å². The van der Waals surface area contributed by atoms with E-state index in [2.05, 4.69) is 36.1 Å². The molecule has 0 amide bonds. The second kappa shape index (κ2) is 8.59. The fraction of sp³-hybridized carbons (Fsp3) is 0.692. The normalized spacial score (nSPS) is 12.4. The van der Waals surface area contributed by atoms with Gasteiger partial charge in [0, 0.05) is 18.5 Å². The Morgan fingerprint density at radius 1 is 1.39 bits per heavy atom. The maximum absolute atomic E-state index is 6.00. The zero-order valence-corrected chi connectivity index (χ0v) is 12.9. The average Bonchev–Trinajstić information content (AvgIpc) is 2.28. The molecule has 0 spiro atoms. The molecule has 0 aliphatic heterocycles. The summed E-state index contributed by atoms with van der Waals surface area (Å²) in [5, 5.41) is 3.91. The molecule has 0 aliphatic rings. The van der Waals surface area contributed by atoms with E-state index in [0.717, 1.165) is 30.9 Å². The Morgan fingerprint density at radius 2 is 2.17 bits per heavy atom. The van der Waals surface area contributed by atoms with Crippen molar-refractivity contribution in [2.75, 3.05) is 16.8 Å². The van der Waals surface area contributed by atoms with Crippen LogP contribution in [0.3, 0.4) is 0 Å². The Labute approximate surface area is 119 Å². The highest BCUT2D eigenvalue weighted by Gasteiger charge is 2.06. The molecule has 1 N–H and O–H groups in total. The Morgan fingerprint density at radius 3 is 2.83 bits per heavy atom. The van der Waals surface area contributed by atoms with Crippen molar-refractivity contribution < 1.29 is 0 Å². The maximum atomic E-state index is 6.00. The van der Waals surface area contributed by atoms with Crippen LogP contribution in [0.4, 0.5) is 5.82 Å². The van der Waals surface area contributed by atoms with Gasteiger partial charge < -0.3 is 5.32 Å². The number of hydrogen-bond acceptors (Lipinski definition) is 4. The third-order valence-corrected chi connectivity index (χ3v) is 3.63. The van der Waals surface area contributed by atoms with Gasteiger partial charge in [-0.1, -0.05) is 25.4 Å². The molecule has 0 aromatic carbocycles. The number of halogens is 1. The van der Waals surface area contributed by atoms with Gasteiger partial charge in [0.2, 0.25) is 0 Å². The van der Waals surface area contributed by atoms with Gasteiger partial charge in [0.15, 0.2) is 0 Å². The number of rotatable bonds is 8. The molecule has 1 unspecified atom stereocenters. The lowest BCUT2D eigenvalue weighted by Gasteiger charge is -2.14. The highest BCUT2D eigenvalue weighted by molar-refractivity contribution is 7.99. The van der Waals surface area contributed by atoms with Gasteiger partial charge in [-0.05, 0) is 31.3 Å². The summed E-state index contributed by atoms with van der Waals surface area (Å²) in [5.41, 5.74) is 0. The molecule has 3 nitrogen and oxygen atoms in total. The van der Waals surface area contributed by atoms with Gasteiger partial charge >= 0.3 is 0 Å². The Kier molecular flexibility index (Phi) is 7.44. The summed E-state index contributed by atoms with van der Waals surface area (Å²) in [6.45, 7) is 6.47. The molecular formula is C13H22ClN3S. The number of thioether (sulfide) groups is 1. The Balaban J connectivity index is 2.54. The molecule has 0 saturated heterocycles. The number of hydrogen-bond donors (Lipinski definition) is 1. The number of nitrogens with zero attached hydrogens (tertiary/aromatic N) is 2. The first-order valence-electron chi connectivity index (χ1n) is 6.53. The van der Waals surface area contributed by atoms with Crippen LogP contribution in [0.25, 0.3) is 0 Å². The molecular weight excluding hydrogens is 266 g/mol. The second-order valence-electron chi connectivity index (χ2n) is 4.27. The highest BCUT2D eigenvalue weighted by atomic mass is 35.5. The minimum Gasteiger partial charge on any atom is -0.367 e. The van der Waals surface area contributed by atoms with Crippen LogP contribution >= 0.6 is 23.4 Å². The van der Waals surface area contributed by atoms with Crippen LogP contribution in [0, 0.1) is 0 Å². The average molecular weight is 288 g/mol. The Bertz CT molecular complexity index is 360. The summed E-state index contributed by atoms with van der Waals surface area (Å²) < 4.78 is 0. The van der Waals surface area contributed by atoms with Gasteiger partial charge in [-0.2, -0.15) is 11.8 Å². The molecule has 1 aromatic heterocycles. The van der Waals surface area contributed by atoms with Crippen molar-refractivity contribution in [2.24, 2.45) is 0 Å². The van der Waals surface area contributed by atoms with Gasteiger partial charge in [-0.25, -0.2) is 9.97 Å². The minimum atomic E-state index is 0.407. The topological polar surface area (TPSA) is 37.8 Å². The van der Waals surface area contributed by atoms with Crippen molar-refractivity contribution in [1.82, 2.24) is 9.97 Å². The van der Waals surface area contributed by atoms with Crippen molar-refractivity contribution in [1.29, 1.82) is 0 Å². The number of aromatic nitrogens is 2. The first-order valence-corrected chi connectivity index (χ1v) is 8.06. The van der Waals surface area contributed by atoms with Gasteiger partial charge in [0.1, 0.15) is 16.8 Å². The molecule has 5 heteroatoms. The standard InChI is InChI=1S/C13H22ClN3S/c1-4-6-12-16-11(14)9-13(17-12)15-10(3)7-8-18-5-2/h9-10H,4-8H2,1-3H3,(H,15,16,17). The van der Waals surface area contributed by atoms with Crippen LogP contribution in [0.2, 0.25) is 5.15 Å². The van der Waals surface area contributed by atoms with Gasteiger partial charge in [0.05, 0.1) is 0 Å². The fourth-order valence-electron chi connectivity index (χ4n) is 1.60. The van der Waals surface area contributed by atoms with Crippen LogP contribution in [-0.2, 0) is 6.42 Å². The molecule has 1 rings (SSSR count). The molecule has 0 aliphatic carbocycles. The van der Waals surface area contributed by atoms with E-state index in [1.807, 2.05) is 11.8 Å². The number of aryl methyl sites for hydroxylation is 1. The third kappa shape index (κ3) is 5.91. The van der Waals surface area contributed by atoms with Crippen LogP contribution < -0.4 is 5.32 Å². The lowest BCUT2D eigenvalue weighted by atomic mass is 10.2. The largest absolute Gasteiger partial charge is 0.367 e. The molecule has 1 heterocycles. The van der Waals surface area contributed by atoms with Crippen molar-refractivity contribution >= 4 is 29.2 Å². The summed E-state index contributed by atoms with van der Waals surface area (Å²) in [7, 11) is 0. The first kappa shape index (κ1) is 15.6. The molecule has 0 fully saturated rings. The lowest BCUT2D eigenvalue weighted by Crippen LogP contribution is -2.17. The second-order valence-corrected chi connectivity index (χ2v) is 6.05. The van der Waals surface area contributed by atoms with E-state index in [9.17, 15) is 0 Å². The Hall–Kier alpha value is -0.480. The quantitative estimate of drug-likeness (QED) is 0.579. The van der Waals surface area contributed by atoms with Gasteiger partial charge in [0.25, 0.3) is 0 Å². The zero-order valence-electron chi connectivity index (χ0n) is 11.4. The minimum absolute atomic E-state index is 0.407. The first-order chi connectivity index (χ1) is 8.65. The summed E-state index contributed by atoms with van der Waals surface area (Å²) >= 11 is 7.96. The van der Waals surface area contributed by atoms with Gasteiger partial charge in [-0.15, -0.1) is 0 Å². The van der Waals surface area contributed by atoms with Crippen LogP contribution in [0.1, 0.15) is 39.4 Å². The smallest absolute Gasteiger partial charge is 0.134 e. The van der Waals surface area contributed by atoms with E-state index >= 15 is 0 Å². The monoisotopic (exact) mass is 287 g/mol. The van der Waals surface area contributed by atoms with Crippen molar-refractivity contribution in [3.63, 3.8) is 0 Å². The van der Waals surface area contributed by atoms with Crippen molar-refractivity contribution in [2.45, 2.75) is 46.1 Å². The predicted molar refractivity (Wildman–Crippen MR) is 81.7 cm³/mol. The lowest BCUT2D eigenvalue weighted by molar-refractivity contribution is 0.758. The molecule has 18 heavy (non-hydrogen) atoms. The third-order valence-electron chi connectivity index (χ3n) is 2.51. The van der Waals surface area contributed by atoms with E-state index < -0.39 is 0 Å². The molecule has 1 aromatic rings. The highest BCUT2D eigenvalue weighted by Crippen LogP contribution is 2.15. The van der Waals surface area contributed by atoms with E-state index in [-0.39, 0.29) is 0 Å². The van der Waals surface area contributed by atoms with Crippen molar-refractivity contribution in [3.05, 3.63) is 17.0 Å². The van der Waals surface area contributed by atoms with Crippen LogP contribution in [0.15, 0.2) is 6.07 Å². The van der Waals surface area contributed by atoms with E-state index in [1.54, 1.807) is 6.07 Å². The maximum Gasteiger partial charge on any atom is 0.134 e. The SMILES string of the molecule is CCCc1nc(Cl)cc(NC(C)CCSCC)n1. The predicted octanol–water partition coefficient (Wildman–Crippen LogP) is 4.03. The fourth-order valence-corrected chi connectivity index (χ4v) is 2.61. The summed E-state index contributed by atoms with van der Waals surface area (Å²) in [5.74, 6) is 4.01. The van der Waals surface area contributed by atoms with Crippen LogP contribution in [-0.4, -0.2) is 27.5 Å². The summed E-state index contributed by atoms with van der Waals surface area (Å²) in [6.07, 6.45) is 3.03. The molecule has 0 bridgehead atoms. The summed E-state index contributed by atoms with van der Waals surface area (Å²) in [4.78, 5) is 8.69. The van der Waals surface area contributed by atoms with E-state index in [1.165, 1.54) is 11.5 Å². The molecule has 102 valence electrons. The van der Waals surface area contributed by atoms with Gasteiger partial charge in [-0.3, -0.25) is 0 Å². The van der Waals surface area contributed by atoms with E-state index in [4.69, 9.17) is 11.6 Å². The number of nitrogens with one attached hydrogen (secondary N) is 1. The molecule has 0 saturated carbocycles. The summed E-state index contributed by atoms with van der Waals surface area (Å²) in [6, 6.07) is 2.20. The number of anilines is 1. The van der Waals surface area contributed by atoms with E-state index in [0.29, 0.717) is 11.2 Å². The van der Waals surface area contributed by atoms with Crippen molar-refractivity contribution in [3.8, 4) is 0 Å². The molecule has 1 atom stereocenters. The zero-order chi connectivity index (χ0) is 13.4.